The molecule has 1 aromatic heterocycles. The highest BCUT2D eigenvalue weighted by Crippen LogP contribution is 2.20. The van der Waals surface area contributed by atoms with Crippen LogP contribution in [-0.2, 0) is 9.59 Å². The third-order valence-corrected chi connectivity index (χ3v) is 5.29. The molecule has 3 rings (SSSR count). The van der Waals surface area contributed by atoms with E-state index in [-0.39, 0.29) is 11.7 Å². The number of benzene rings is 1. The highest BCUT2D eigenvalue weighted by molar-refractivity contribution is 6.39. The highest BCUT2D eigenvalue weighted by Gasteiger charge is 2.29. The number of carbonyl (C=O) groups is 3. The van der Waals surface area contributed by atoms with E-state index in [1.54, 1.807) is 30.0 Å². The zero-order valence-corrected chi connectivity index (χ0v) is 17.8. The van der Waals surface area contributed by atoms with Gasteiger partial charge in [0.1, 0.15) is 5.76 Å². The molecule has 0 atom stereocenters. The van der Waals surface area contributed by atoms with E-state index in [1.165, 1.54) is 4.90 Å². The molecule has 160 valence electrons. The summed E-state index contributed by atoms with van der Waals surface area (Å²) in [4.78, 5) is 42.6. The van der Waals surface area contributed by atoms with E-state index in [0.29, 0.717) is 43.7 Å². The van der Waals surface area contributed by atoms with Crippen molar-refractivity contribution in [2.75, 3.05) is 43.4 Å². The van der Waals surface area contributed by atoms with Crippen molar-refractivity contribution in [2.24, 2.45) is 0 Å². The summed E-state index contributed by atoms with van der Waals surface area (Å²) in [7, 11) is 1.97. The lowest BCUT2D eigenvalue weighted by molar-refractivity contribution is -0.144. The molecule has 8 heteroatoms. The van der Waals surface area contributed by atoms with E-state index < -0.39 is 11.8 Å². The second-order valence-corrected chi connectivity index (χ2v) is 7.70. The van der Waals surface area contributed by atoms with E-state index in [0.717, 1.165) is 5.69 Å². The first-order chi connectivity index (χ1) is 14.3. The van der Waals surface area contributed by atoms with Gasteiger partial charge in [0.05, 0.1) is 0 Å². The number of hydrogen-bond acceptors (Lipinski definition) is 5. The number of aryl methyl sites for hydroxylation is 1. The summed E-state index contributed by atoms with van der Waals surface area (Å²) in [6.45, 7) is 7.24. The van der Waals surface area contributed by atoms with E-state index >= 15 is 0 Å². The van der Waals surface area contributed by atoms with Crippen LogP contribution >= 0.6 is 0 Å². The number of anilines is 2. The van der Waals surface area contributed by atoms with Gasteiger partial charge >= 0.3 is 11.8 Å². The minimum atomic E-state index is -0.680. The quantitative estimate of drug-likeness (QED) is 0.779. The lowest BCUT2D eigenvalue weighted by atomic mass is 10.2. The Labute approximate surface area is 176 Å². The van der Waals surface area contributed by atoms with E-state index in [1.807, 2.05) is 25.2 Å². The first-order valence-corrected chi connectivity index (χ1v) is 10.0. The lowest BCUT2D eigenvalue weighted by Crippen LogP contribution is -2.52. The van der Waals surface area contributed by atoms with Crippen molar-refractivity contribution in [1.82, 2.24) is 9.80 Å². The zero-order valence-electron chi connectivity index (χ0n) is 17.8. The largest absolute Gasteiger partial charge is 0.456 e. The van der Waals surface area contributed by atoms with E-state index in [4.69, 9.17) is 4.42 Å². The van der Waals surface area contributed by atoms with Gasteiger partial charge in [-0.15, -0.1) is 0 Å². The molecular weight excluding hydrogens is 384 g/mol. The van der Waals surface area contributed by atoms with Crippen molar-refractivity contribution >= 4 is 29.1 Å². The van der Waals surface area contributed by atoms with Gasteiger partial charge in [-0.05, 0) is 51.1 Å². The monoisotopic (exact) mass is 412 g/mol. The molecule has 1 aliphatic heterocycles. The smallest absolute Gasteiger partial charge is 0.313 e. The van der Waals surface area contributed by atoms with Crippen molar-refractivity contribution in [3.63, 3.8) is 0 Å². The molecule has 1 saturated heterocycles. The molecular formula is C22H28N4O4. The maximum atomic E-state index is 12.6. The standard InChI is InChI=1S/C22H28N4O4/c1-15(2)24(4)18-7-5-6-17(14-18)23-20(27)22(29)26-12-10-25(11-13-26)21(28)19-9-8-16(3)30-19/h5-9,14-15H,10-13H2,1-4H3,(H,23,27). The Bertz CT molecular complexity index is 929. The van der Waals surface area contributed by atoms with Crippen LogP contribution in [0.1, 0.15) is 30.2 Å². The maximum absolute atomic E-state index is 12.6. The fourth-order valence-electron chi connectivity index (χ4n) is 3.25. The zero-order chi connectivity index (χ0) is 21.8. The SMILES string of the molecule is Cc1ccc(C(=O)N2CCN(C(=O)C(=O)Nc3cccc(N(C)C(C)C)c3)CC2)o1. The summed E-state index contributed by atoms with van der Waals surface area (Å²) in [5.74, 6) is -0.520. The van der Waals surface area contributed by atoms with Crippen LogP contribution in [0.4, 0.5) is 11.4 Å². The van der Waals surface area contributed by atoms with Crippen LogP contribution in [0.15, 0.2) is 40.8 Å². The van der Waals surface area contributed by atoms with Gasteiger partial charge in [0.15, 0.2) is 5.76 Å². The summed E-state index contributed by atoms with van der Waals surface area (Å²) in [5.41, 5.74) is 1.52. The minimum absolute atomic E-state index is 0.203. The Morgan fingerprint density at radius 3 is 2.30 bits per heavy atom. The van der Waals surface area contributed by atoms with Gasteiger partial charge in [-0.2, -0.15) is 0 Å². The summed E-state index contributed by atoms with van der Waals surface area (Å²) in [6.07, 6.45) is 0. The van der Waals surface area contributed by atoms with E-state index in [9.17, 15) is 14.4 Å². The van der Waals surface area contributed by atoms with Crippen LogP contribution < -0.4 is 10.2 Å². The highest BCUT2D eigenvalue weighted by atomic mass is 16.3. The molecule has 1 fully saturated rings. The first-order valence-electron chi connectivity index (χ1n) is 10.0. The third kappa shape index (κ3) is 4.82. The maximum Gasteiger partial charge on any atom is 0.313 e. The number of nitrogens with one attached hydrogen (secondary N) is 1. The topological polar surface area (TPSA) is 86.1 Å². The van der Waals surface area contributed by atoms with Crippen molar-refractivity contribution in [3.05, 3.63) is 47.9 Å². The molecule has 1 N–H and O–H groups in total. The van der Waals surface area contributed by atoms with Crippen LogP contribution in [0.5, 0.6) is 0 Å². The molecule has 2 heterocycles. The normalized spacial score (nSPS) is 14.0. The molecule has 8 nitrogen and oxygen atoms in total. The van der Waals surface area contributed by atoms with Crippen molar-refractivity contribution < 1.29 is 18.8 Å². The molecule has 1 aromatic carbocycles. The summed E-state index contributed by atoms with van der Waals surface area (Å²) < 4.78 is 5.38. The predicted molar refractivity (Wildman–Crippen MR) is 115 cm³/mol. The van der Waals surface area contributed by atoms with Crippen LogP contribution in [0, 0.1) is 6.92 Å². The number of carbonyl (C=O) groups excluding carboxylic acids is 3. The molecule has 0 bridgehead atoms. The Morgan fingerprint density at radius 2 is 1.70 bits per heavy atom. The lowest BCUT2D eigenvalue weighted by Gasteiger charge is -2.33. The Hall–Kier alpha value is -3.29. The van der Waals surface area contributed by atoms with Crippen molar-refractivity contribution in [2.45, 2.75) is 26.8 Å². The van der Waals surface area contributed by atoms with Crippen molar-refractivity contribution in [3.8, 4) is 0 Å². The van der Waals surface area contributed by atoms with Gasteiger partial charge in [0, 0.05) is 50.6 Å². The minimum Gasteiger partial charge on any atom is -0.456 e. The first kappa shape index (κ1) is 21.4. The number of piperazine rings is 1. The average Bonchev–Trinajstić information content (AvgIpc) is 3.18. The Kier molecular flexibility index (Phi) is 6.44. The molecule has 1 aliphatic rings. The third-order valence-electron chi connectivity index (χ3n) is 5.29. The molecule has 0 unspecified atom stereocenters. The predicted octanol–water partition coefficient (Wildman–Crippen LogP) is 2.36. The number of rotatable bonds is 4. The van der Waals surface area contributed by atoms with Gasteiger partial charge in [-0.3, -0.25) is 14.4 Å². The van der Waals surface area contributed by atoms with Crippen LogP contribution in [-0.4, -0.2) is 66.8 Å². The van der Waals surface area contributed by atoms with Crippen molar-refractivity contribution in [1.29, 1.82) is 0 Å². The van der Waals surface area contributed by atoms with Gasteiger partial charge in [-0.1, -0.05) is 6.07 Å². The number of furan rings is 1. The van der Waals surface area contributed by atoms with E-state index in [2.05, 4.69) is 24.1 Å². The molecule has 30 heavy (non-hydrogen) atoms. The Balaban J connectivity index is 1.55. The van der Waals surface area contributed by atoms with Gasteiger partial charge in [0.25, 0.3) is 5.91 Å². The molecule has 3 amide bonds. The second kappa shape index (κ2) is 9.02. The second-order valence-electron chi connectivity index (χ2n) is 7.70. The molecule has 0 aliphatic carbocycles. The fraction of sp³-hybridized carbons (Fsp3) is 0.409. The summed E-state index contributed by atoms with van der Waals surface area (Å²) >= 11 is 0. The average molecular weight is 412 g/mol. The fourth-order valence-corrected chi connectivity index (χ4v) is 3.25. The molecule has 0 saturated carbocycles. The van der Waals surface area contributed by atoms with Gasteiger partial charge in [-0.25, -0.2) is 0 Å². The van der Waals surface area contributed by atoms with Crippen LogP contribution in [0.3, 0.4) is 0 Å². The molecule has 2 aromatic rings. The van der Waals surface area contributed by atoms with Crippen LogP contribution in [0.2, 0.25) is 0 Å². The van der Waals surface area contributed by atoms with Gasteiger partial charge in [0.2, 0.25) is 0 Å². The molecule has 0 radical (unpaired) electrons. The Morgan fingerprint density at radius 1 is 1.03 bits per heavy atom. The summed E-state index contributed by atoms with van der Waals surface area (Å²) in [6, 6.07) is 11.1. The van der Waals surface area contributed by atoms with Crippen LogP contribution in [0.25, 0.3) is 0 Å². The number of nitrogens with zero attached hydrogens (tertiary/aromatic N) is 3. The molecule has 0 spiro atoms. The number of hydrogen-bond donors (Lipinski definition) is 1. The number of amides is 3. The summed E-state index contributed by atoms with van der Waals surface area (Å²) in [5, 5.41) is 2.68. The van der Waals surface area contributed by atoms with Gasteiger partial charge < -0.3 is 24.4 Å².